The molecule has 1 aliphatic heterocycles. The molecule has 0 radical (unpaired) electrons. The Bertz CT molecular complexity index is 411. The van der Waals surface area contributed by atoms with Gasteiger partial charge in [-0.15, -0.1) is 0 Å². The van der Waals surface area contributed by atoms with Crippen molar-refractivity contribution in [3.05, 3.63) is 35.9 Å². The second-order valence-corrected chi connectivity index (χ2v) is 6.85. The lowest BCUT2D eigenvalue weighted by Gasteiger charge is -2.38. The molecule has 110 valence electrons. The van der Waals surface area contributed by atoms with Crippen molar-refractivity contribution < 1.29 is 5.11 Å². The Kier molecular flexibility index (Phi) is 4.42. The molecule has 2 fully saturated rings. The van der Waals surface area contributed by atoms with Gasteiger partial charge in [-0.25, -0.2) is 0 Å². The summed E-state index contributed by atoms with van der Waals surface area (Å²) in [6.07, 6.45) is 7.67. The van der Waals surface area contributed by atoms with E-state index in [1.807, 2.05) is 0 Å². The van der Waals surface area contributed by atoms with Gasteiger partial charge in [0.05, 0.1) is 0 Å². The molecule has 0 aromatic heterocycles. The minimum absolute atomic E-state index is 0.198. The van der Waals surface area contributed by atoms with E-state index in [2.05, 4.69) is 35.2 Å². The van der Waals surface area contributed by atoms with Crippen molar-refractivity contribution >= 4 is 0 Å². The van der Waals surface area contributed by atoms with Crippen molar-refractivity contribution in [1.82, 2.24) is 4.90 Å². The van der Waals surface area contributed by atoms with Crippen LogP contribution < -0.4 is 0 Å². The number of likely N-dealkylation sites (tertiary alicyclic amines) is 1. The van der Waals surface area contributed by atoms with Gasteiger partial charge in [-0.1, -0.05) is 49.6 Å². The monoisotopic (exact) mass is 273 g/mol. The molecule has 0 amide bonds. The number of hydrogen-bond acceptors (Lipinski definition) is 2. The van der Waals surface area contributed by atoms with Crippen LogP contribution in [-0.2, 0) is 0 Å². The minimum Gasteiger partial charge on any atom is -0.396 e. The van der Waals surface area contributed by atoms with E-state index in [9.17, 15) is 5.11 Å². The summed E-state index contributed by atoms with van der Waals surface area (Å²) in [5, 5.41) is 9.86. The number of aliphatic hydroxyl groups excluding tert-OH is 1. The standard InChI is InChI=1S/C18H27NO/c20-15-18(10-5-2-6-11-18)14-19-12-9-17(13-19)16-7-3-1-4-8-16/h1,3-4,7-8,17,20H,2,5-6,9-15H2. The Labute approximate surface area is 122 Å². The van der Waals surface area contributed by atoms with Gasteiger partial charge in [0.1, 0.15) is 0 Å². The zero-order valence-corrected chi connectivity index (χ0v) is 12.4. The first kappa shape index (κ1) is 14.1. The number of nitrogens with zero attached hydrogens (tertiary/aromatic N) is 1. The van der Waals surface area contributed by atoms with Crippen LogP contribution in [0.3, 0.4) is 0 Å². The van der Waals surface area contributed by atoms with Crippen molar-refractivity contribution in [3.8, 4) is 0 Å². The Morgan fingerprint density at radius 2 is 1.85 bits per heavy atom. The van der Waals surface area contributed by atoms with Crippen molar-refractivity contribution in [2.24, 2.45) is 5.41 Å². The molecule has 1 aromatic carbocycles. The van der Waals surface area contributed by atoms with Crippen LogP contribution in [-0.4, -0.2) is 36.2 Å². The van der Waals surface area contributed by atoms with Gasteiger partial charge in [-0.2, -0.15) is 0 Å². The lowest BCUT2D eigenvalue weighted by Crippen LogP contribution is -2.40. The Balaban J connectivity index is 1.60. The van der Waals surface area contributed by atoms with E-state index in [-0.39, 0.29) is 5.41 Å². The largest absolute Gasteiger partial charge is 0.396 e. The van der Waals surface area contributed by atoms with Crippen LogP contribution in [0.1, 0.15) is 50.0 Å². The highest BCUT2D eigenvalue weighted by atomic mass is 16.3. The molecule has 0 bridgehead atoms. The summed E-state index contributed by atoms with van der Waals surface area (Å²) >= 11 is 0. The van der Waals surface area contributed by atoms with Gasteiger partial charge in [0, 0.05) is 25.1 Å². The van der Waals surface area contributed by atoms with Crippen molar-refractivity contribution in [2.45, 2.75) is 44.4 Å². The van der Waals surface area contributed by atoms with Gasteiger partial charge in [0.25, 0.3) is 0 Å². The molecule has 1 heterocycles. The van der Waals surface area contributed by atoms with Gasteiger partial charge in [0.15, 0.2) is 0 Å². The first-order valence-electron chi connectivity index (χ1n) is 8.19. The average molecular weight is 273 g/mol. The predicted octanol–water partition coefficient (Wildman–Crippen LogP) is 3.42. The quantitative estimate of drug-likeness (QED) is 0.908. The lowest BCUT2D eigenvalue weighted by molar-refractivity contribution is 0.0475. The number of aliphatic hydroxyl groups is 1. The maximum Gasteiger partial charge on any atom is 0.0499 e. The first-order chi connectivity index (χ1) is 9.81. The predicted molar refractivity (Wildman–Crippen MR) is 82.8 cm³/mol. The van der Waals surface area contributed by atoms with Gasteiger partial charge in [-0.3, -0.25) is 0 Å². The third-order valence-corrected chi connectivity index (χ3v) is 5.35. The Morgan fingerprint density at radius 1 is 1.10 bits per heavy atom. The molecule has 1 aromatic rings. The van der Waals surface area contributed by atoms with E-state index in [0.29, 0.717) is 12.5 Å². The molecule has 2 aliphatic rings. The smallest absolute Gasteiger partial charge is 0.0499 e. The summed E-state index contributed by atoms with van der Waals surface area (Å²) in [5.41, 5.74) is 1.68. The third kappa shape index (κ3) is 3.07. The van der Waals surface area contributed by atoms with E-state index >= 15 is 0 Å². The van der Waals surface area contributed by atoms with E-state index < -0.39 is 0 Å². The van der Waals surface area contributed by atoms with Crippen molar-refractivity contribution in [3.63, 3.8) is 0 Å². The summed E-state index contributed by atoms with van der Waals surface area (Å²) in [6.45, 7) is 3.85. The zero-order chi connectivity index (χ0) is 13.8. The highest BCUT2D eigenvalue weighted by Crippen LogP contribution is 2.38. The number of rotatable bonds is 4. The van der Waals surface area contributed by atoms with Gasteiger partial charge >= 0.3 is 0 Å². The lowest BCUT2D eigenvalue weighted by atomic mass is 9.74. The highest BCUT2D eigenvalue weighted by molar-refractivity contribution is 5.21. The van der Waals surface area contributed by atoms with Crippen LogP contribution in [0, 0.1) is 5.41 Å². The number of hydrogen-bond donors (Lipinski definition) is 1. The molecule has 2 nitrogen and oxygen atoms in total. The molecular weight excluding hydrogens is 246 g/mol. The second kappa shape index (κ2) is 6.28. The molecule has 0 spiro atoms. The van der Waals surface area contributed by atoms with Crippen LogP contribution >= 0.6 is 0 Å². The summed E-state index contributed by atoms with van der Waals surface area (Å²) in [7, 11) is 0. The van der Waals surface area contributed by atoms with Crippen LogP contribution in [0.5, 0.6) is 0 Å². The minimum atomic E-state index is 0.198. The van der Waals surface area contributed by atoms with Crippen LogP contribution in [0.4, 0.5) is 0 Å². The van der Waals surface area contributed by atoms with E-state index in [0.717, 1.165) is 6.54 Å². The van der Waals surface area contributed by atoms with Crippen LogP contribution in [0.2, 0.25) is 0 Å². The summed E-state index contributed by atoms with van der Waals surface area (Å²) in [4.78, 5) is 2.60. The highest BCUT2D eigenvalue weighted by Gasteiger charge is 2.35. The SMILES string of the molecule is OCC1(CN2CCC(c3ccccc3)C2)CCCCC1. The molecular formula is C18H27NO. The molecule has 3 rings (SSSR count). The van der Waals surface area contributed by atoms with Crippen LogP contribution in [0.25, 0.3) is 0 Å². The summed E-state index contributed by atoms with van der Waals surface area (Å²) < 4.78 is 0. The second-order valence-electron chi connectivity index (χ2n) is 6.85. The Morgan fingerprint density at radius 3 is 2.55 bits per heavy atom. The van der Waals surface area contributed by atoms with E-state index in [1.165, 1.54) is 57.2 Å². The van der Waals surface area contributed by atoms with Gasteiger partial charge < -0.3 is 10.0 Å². The molecule has 20 heavy (non-hydrogen) atoms. The topological polar surface area (TPSA) is 23.5 Å². The summed E-state index contributed by atoms with van der Waals surface area (Å²) in [5.74, 6) is 0.690. The summed E-state index contributed by atoms with van der Waals surface area (Å²) in [6, 6.07) is 10.9. The zero-order valence-electron chi connectivity index (χ0n) is 12.4. The normalized spacial score (nSPS) is 26.8. The average Bonchev–Trinajstić information content (AvgIpc) is 2.97. The van der Waals surface area contributed by atoms with Gasteiger partial charge in [0.2, 0.25) is 0 Å². The van der Waals surface area contributed by atoms with Crippen molar-refractivity contribution in [1.29, 1.82) is 0 Å². The molecule has 1 aliphatic carbocycles. The molecule has 1 saturated carbocycles. The maximum atomic E-state index is 9.86. The fourth-order valence-corrected chi connectivity index (χ4v) is 4.12. The van der Waals surface area contributed by atoms with Gasteiger partial charge in [-0.05, 0) is 37.3 Å². The number of benzene rings is 1. The van der Waals surface area contributed by atoms with E-state index in [4.69, 9.17) is 0 Å². The van der Waals surface area contributed by atoms with E-state index in [1.54, 1.807) is 0 Å². The molecule has 2 heteroatoms. The third-order valence-electron chi connectivity index (χ3n) is 5.35. The first-order valence-corrected chi connectivity index (χ1v) is 8.19. The van der Waals surface area contributed by atoms with Crippen LogP contribution in [0.15, 0.2) is 30.3 Å². The molecule has 1 atom stereocenters. The molecule has 1 saturated heterocycles. The fraction of sp³-hybridized carbons (Fsp3) is 0.667. The van der Waals surface area contributed by atoms with Crippen molar-refractivity contribution in [2.75, 3.05) is 26.2 Å². The Hall–Kier alpha value is -0.860. The maximum absolute atomic E-state index is 9.86. The molecule has 1 N–H and O–H groups in total. The fourth-order valence-electron chi connectivity index (χ4n) is 4.12. The molecule has 1 unspecified atom stereocenters.